The molecule has 0 radical (unpaired) electrons. The van der Waals surface area contributed by atoms with E-state index in [9.17, 15) is 0 Å². The number of nitrogens with one attached hydrogen (secondary N) is 2. The molecule has 0 aromatic carbocycles. The summed E-state index contributed by atoms with van der Waals surface area (Å²) in [4.78, 5) is 3.18. The van der Waals surface area contributed by atoms with Crippen LogP contribution in [-0.2, 0) is 4.74 Å². The first kappa shape index (κ1) is 13.6. The predicted molar refractivity (Wildman–Crippen MR) is 68.0 cm³/mol. The molecule has 1 aliphatic rings. The van der Waals surface area contributed by atoms with Gasteiger partial charge in [0.1, 0.15) is 0 Å². The van der Waals surface area contributed by atoms with Gasteiger partial charge in [-0.1, -0.05) is 0 Å². The second-order valence-corrected chi connectivity index (χ2v) is 4.31. The lowest BCUT2D eigenvalue weighted by Crippen LogP contribution is -2.32. The van der Waals surface area contributed by atoms with Gasteiger partial charge in [0.2, 0.25) is 0 Å². The lowest BCUT2D eigenvalue weighted by molar-refractivity contribution is 0.0315. The highest BCUT2D eigenvalue weighted by Crippen LogP contribution is 2.17. The fourth-order valence-corrected chi connectivity index (χ4v) is 2.03. The molecule has 0 bridgehead atoms. The summed E-state index contributed by atoms with van der Waals surface area (Å²) in [5.41, 5.74) is 1.17. The summed E-state index contributed by atoms with van der Waals surface area (Å²) in [7, 11) is 0. The van der Waals surface area contributed by atoms with Crippen LogP contribution in [0, 0.1) is 5.92 Å². The summed E-state index contributed by atoms with van der Waals surface area (Å²) in [5, 5.41) is 3.41. The number of H-pyrrole nitrogens is 1. The van der Waals surface area contributed by atoms with Gasteiger partial charge in [-0.05, 0) is 44.4 Å². The molecule has 1 fully saturated rings. The van der Waals surface area contributed by atoms with Crippen LogP contribution in [0.15, 0.2) is 18.3 Å². The van der Waals surface area contributed by atoms with Gasteiger partial charge in [0.15, 0.2) is 0 Å². The van der Waals surface area contributed by atoms with Crippen LogP contribution in [0.4, 0.5) is 0 Å². The zero-order chi connectivity index (χ0) is 10.5. The number of hydrogen-bond donors (Lipinski definition) is 2. The van der Waals surface area contributed by atoms with Crippen LogP contribution in [0.3, 0.4) is 0 Å². The normalized spacial score (nSPS) is 22.4. The predicted octanol–water partition coefficient (Wildman–Crippen LogP) is 2.51. The number of ether oxygens (including phenoxy) is 1. The Labute approximate surface area is 103 Å². The maximum atomic E-state index is 5.85. The van der Waals surface area contributed by atoms with E-state index in [1.165, 1.54) is 25.1 Å². The van der Waals surface area contributed by atoms with E-state index >= 15 is 0 Å². The van der Waals surface area contributed by atoms with E-state index in [-0.39, 0.29) is 18.5 Å². The Kier molecular flexibility index (Phi) is 5.88. The van der Waals surface area contributed by atoms with Crippen molar-refractivity contribution in [2.75, 3.05) is 19.7 Å². The standard InChI is InChI=1S/C12H20N2O.ClH/c1-10(12-5-3-7-14-12)15-9-11-4-2-6-13-8-11;/h3,5,7,10-11,13-14H,2,4,6,8-9H2,1H3;1H. The summed E-state index contributed by atoms with van der Waals surface area (Å²) in [5.74, 6) is 0.691. The van der Waals surface area contributed by atoms with Gasteiger partial charge in [0, 0.05) is 18.4 Å². The quantitative estimate of drug-likeness (QED) is 0.854. The molecule has 2 atom stereocenters. The van der Waals surface area contributed by atoms with Gasteiger partial charge in [-0.2, -0.15) is 0 Å². The molecule has 2 heterocycles. The smallest absolute Gasteiger partial charge is 0.0944 e. The van der Waals surface area contributed by atoms with Crippen molar-refractivity contribution in [3.8, 4) is 0 Å². The molecule has 2 rings (SSSR count). The second-order valence-electron chi connectivity index (χ2n) is 4.31. The van der Waals surface area contributed by atoms with E-state index in [0.717, 1.165) is 13.2 Å². The maximum Gasteiger partial charge on any atom is 0.0944 e. The average molecular weight is 245 g/mol. The minimum atomic E-state index is 0. The zero-order valence-electron chi connectivity index (χ0n) is 9.74. The third-order valence-corrected chi connectivity index (χ3v) is 3.04. The Hall–Kier alpha value is -0.510. The third-order valence-electron chi connectivity index (χ3n) is 3.04. The number of aromatic nitrogens is 1. The van der Waals surface area contributed by atoms with Crippen LogP contribution < -0.4 is 5.32 Å². The van der Waals surface area contributed by atoms with Gasteiger partial charge in [-0.3, -0.25) is 0 Å². The first-order chi connectivity index (χ1) is 7.36. The first-order valence-electron chi connectivity index (χ1n) is 5.82. The highest BCUT2D eigenvalue weighted by Gasteiger charge is 2.15. The average Bonchev–Trinajstić information content (AvgIpc) is 2.81. The van der Waals surface area contributed by atoms with Crippen LogP contribution in [-0.4, -0.2) is 24.7 Å². The zero-order valence-corrected chi connectivity index (χ0v) is 10.6. The fraction of sp³-hybridized carbons (Fsp3) is 0.667. The molecule has 0 saturated carbocycles. The minimum Gasteiger partial charge on any atom is -0.372 e. The molecule has 1 aliphatic heterocycles. The van der Waals surface area contributed by atoms with Crippen molar-refractivity contribution in [2.45, 2.75) is 25.9 Å². The number of halogens is 1. The molecule has 0 aliphatic carbocycles. The summed E-state index contributed by atoms with van der Waals surface area (Å²) in [6, 6.07) is 4.08. The summed E-state index contributed by atoms with van der Waals surface area (Å²) < 4.78 is 5.85. The lowest BCUT2D eigenvalue weighted by atomic mass is 10.0. The van der Waals surface area contributed by atoms with E-state index in [2.05, 4.69) is 23.3 Å². The van der Waals surface area contributed by atoms with Crippen molar-refractivity contribution in [1.29, 1.82) is 0 Å². The fourth-order valence-electron chi connectivity index (χ4n) is 2.03. The maximum absolute atomic E-state index is 5.85. The SMILES string of the molecule is CC(OCC1CCCNC1)c1ccc[nH]1.Cl. The Morgan fingerprint density at radius 1 is 1.56 bits per heavy atom. The van der Waals surface area contributed by atoms with Crippen LogP contribution in [0.1, 0.15) is 31.6 Å². The van der Waals surface area contributed by atoms with E-state index in [4.69, 9.17) is 4.74 Å². The van der Waals surface area contributed by atoms with Crippen LogP contribution >= 0.6 is 12.4 Å². The van der Waals surface area contributed by atoms with E-state index < -0.39 is 0 Å². The molecular formula is C12H21ClN2O. The van der Waals surface area contributed by atoms with Crippen LogP contribution in [0.2, 0.25) is 0 Å². The van der Waals surface area contributed by atoms with E-state index in [1.54, 1.807) is 0 Å². The van der Waals surface area contributed by atoms with Crippen molar-refractivity contribution < 1.29 is 4.74 Å². The van der Waals surface area contributed by atoms with Crippen LogP contribution in [0.5, 0.6) is 0 Å². The minimum absolute atomic E-state index is 0. The Bertz CT molecular complexity index is 271. The first-order valence-corrected chi connectivity index (χ1v) is 5.82. The molecule has 3 nitrogen and oxygen atoms in total. The van der Waals surface area contributed by atoms with Crippen molar-refractivity contribution >= 4 is 12.4 Å². The summed E-state index contributed by atoms with van der Waals surface area (Å²) >= 11 is 0. The van der Waals surface area contributed by atoms with Gasteiger partial charge in [-0.15, -0.1) is 12.4 Å². The molecule has 92 valence electrons. The Morgan fingerprint density at radius 3 is 3.06 bits per heavy atom. The largest absolute Gasteiger partial charge is 0.372 e. The molecule has 1 aromatic rings. The molecule has 2 unspecified atom stereocenters. The Balaban J connectivity index is 0.00000128. The molecule has 2 N–H and O–H groups in total. The number of piperidine rings is 1. The number of aromatic amines is 1. The Morgan fingerprint density at radius 2 is 2.44 bits per heavy atom. The number of hydrogen-bond acceptors (Lipinski definition) is 2. The van der Waals surface area contributed by atoms with Gasteiger partial charge < -0.3 is 15.0 Å². The highest BCUT2D eigenvalue weighted by atomic mass is 35.5. The highest BCUT2D eigenvalue weighted by molar-refractivity contribution is 5.85. The molecular weight excluding hydrogens is 224 g/mol. The van der Waals surface area contributed by atoms with Crippen molar-refractivity contribution in [2.24, 2.45) is 5.92 Å². The third kappa shape index (κ3) is 3.81. The number of rotatable bonds is 4. The van der Waals surface area contributed by atoms with Crippen molar-refractivity contribution in [3.05, 3.63) is 24.0 Å². The van der Waals surface area contributed by atoms with E-state index in [1.807, 2.05) is 12.3 Å². The van der Waals surface area contributed by atoms with Gasteiger partial charge >= 0.3 is 0 Å². The lowest BCUT2D eigenvalue weighted by Gasteiger charge is -2.24. The summed E-state index contributed by atoms with van der Waals surface area (Å²) in [6.45, 7) is 5.25. The molecule has 4 heteroatoms. The van der Waals surface area contributed by atoms with E-state index in [0.29, 0.717) is 5.92 Å². The van der Waals surface area contributed by atoms with Crippen molar-refractivity contribution in [3.63, 3.8) is 0 Å². The molecule has 0 spiro atoms. The monoisotopic (exact) mass is 244 g/mol. The van der Waals surface area contributed by atoms with Gasteiger partial charge in [0.05, 0.1) is 12.7 Å². The molecule has 1 saturated heterocycles. The van der Waals surface area contributed by atoms with Crippen LogP contribution in [0.25, 0.3) is 0 Å². The topological polar surface area (TPSA) is 37.0 Å². The molecule has 0 amide bonds. The second kappa shape index (κ2) is 6.94. The molecule has 1 aromatic heterocycles. The molecule has 16 heavy (non-hydrogen) atoms. The van der Waals surface area contributed by atoms with Crippen molar-refractivity contribution in [1.82, 2.24) is 10.3 Å². The summed E-state index contributed by atoms with van der Waals surface area (Å²) in [6.07, 6.45) is 4.70. The van der Waals surface area contributed by atoms with Gasteiger partial charge in [0.25, 0.3) is 0 Å². The van der Waals surface area contributed by atoms with Gasteiger partial charge in [-0.25, -0.2) is 0 Å².